The molecule has 4 atom stereocenters. The van der Waals surface area contributed by atoms with E-state index in [2.05, 4.69) is 142 Å². The molecular weight excluding hydrogens is 516 g/mol. The van der Waals surface area contributed by atoms with Crippen molar-refractivity contribution in [2.45, 2.75) is 124 Å². The molecule has 0 nitrogen and oxygen atoms in total. The summed E-state index contributed by atoms with van der Waals surface area (Å²) >= 11 is 0. The molecule has 226 valence electrons. The molecule has 4 aromatic rings. The van der Waals surface area contributed by atoms with Crippen LogP contribution in [0.2, 0.25) is 0 Å². The van der Waals surface area contributed by atoms with E-state index in [0.717, 1.165) is 25.7 Å². The van der Waals surface area contributed by atoms with Gasteiger partial charge in [0.15, 0.2) is 0 Å². The molecule has 0 fully saturated rings. The molecule has 1 aliphatic carbocycles. The fraction of sp³-hybridized carbons (Fsp3) is 0.442. The number of hydrogen-bond acceptors (Lipinski definition) is 0. The van der Waals surface area contributed by atoms with E-state index in [0.29, 0.717) is 23.7 Å². The molecule has 0 radical (unpaired) electrons. The van der Waals surface area contributed by atoms with Gasteiger partial charge in [0.1, 0.15) is 0 Å². The molecule has 4 aromatic carbocycles. The third-order valence-electron chi connectivity index (χ3n) is 11.0. The summed E-state index contributed by atoms with van der Waals surface area (Å²) in [6.45, 7) is 23.5. The van der Waals surface area contributed by atoms with Gasteiger partial charge in [-0.3, -0.25) is 0 Å². The smallest absolute Gasteiger partial charge is 0.0648 e. The zero-order chi connectivity index (χ0) is 31.1. The van der Waals surface area contributed by atoms with Crippen LogP contribution in [0.5, 0.6) is 0 Å². The molecule has 0 N–H and O–H groups in total. The largest absolute Gasteiger partial charge is 0.0714 e. The molecule has 0 spiro atoms. The summed E-state index contributed by atoms with van der Waals surface area (Å²) < 4.78 is 0. The molecule has 0 aliphatic heterocycles. The first-order valence-electron chi connectivity index (χ1n) is 17.1. The highest BCUT2D eigenvalue weighted by atomic mass is 14.5. The average molecular weight is 571 g/mol. The molecule has 0 amide bonds. The van der Waals surface area contributed by atoms with E-state index in [9.17, 15) is 0 Å². The summed E-state index contributed by atoms with van der Waals surface area (Å²) in [6, 6.07) is 29.8. The predicted octanol–water partition coefficient (Wildman–Crippen LogP) is 12.7. The first-order chi connectivity index (χ1) is 20.6. The van der Waals surface area contributed by atoms with Gasteiger partial charge in [-0.15, -0.1) is 0 Å². The lowest BCUT2D eigenvalue weighted by Gasteiger charge is -2.37. The molecule has 43 heavy (non-hydrogen) atoms. The molecule has 0 heteroatoms. The number of aryl methyl sites for hydroxylation is 2. The Kier molecular flexibility index (Phi) is 9.08. The van der Waals surface area contributed by atoms with Crippen LogP contribution in [0.4, 0.5) is 0 Å². The van der Waals surface area contributed by atoms with Crippen molar-refractivity contribution in [1.29, 1.82) is 0 Å². The molecule has 0 bridgehead atoms. The van der Waals surface area contributed by atoms with Crippen molar-refractivity contribution in [3.05, 3.63) is 128 Å². The monoisotopic (exact) mass is 570 g/mol. The van der Waals surface area contributed by atoms with Gasteiger partial charge in [-0.1, -0.05) is 139 Å². The summed E-state index contributed by atoms with van der Waals surface area (Å²) in [6.07, 6.45) is 4.57. The molecule has 0 saturated carbocycles. The Balaban J connectivity index is 2.01. The van der Waals surface area contributed by atoms with E-state index in [1.165, 1.54) is 66.8 Å². The van der Waals surface area contributed by atoms with Crippen LogP contribution < -0.4 is 0 Å². The highest BCUT2D eigenvalue weighted by Crippen LogP contribution is 2.57. The standard InChI is InChI=1S/C43H54/c1-11-29(7)33-21-34(30(8)12-2)24-37(23-33)43(38-25-35(31(9)13-3)22-36(26-38)32(10)14-4)41-19-27(5)15-17-39(41)40-18-16-28(6)20-42(40)43/h15-26,29-32H,11-14H2,1-10H3. The van der Waals surface area contributed by atoms with Crippen molar-refractivity contribution < 1.29 is 0 Å². The summed E-state index contributed by atoms with van der Waals surface area (Å²) in [5.74, 6) is 2.05. The maximum atomic E-state index is 2.59. The third kappa shape index (κ3) is 5.41. The van der Waals surface area contributed by atoms with E-state index < -0.39 is 0 Å². The molecule has 0 heterocycles. The van der Waals surface area contributed by atoms with Crippen molar-refractivity contribution in [3.63, 3.8) is 0 Å². The van der Waals surface area contributed by atoms with Crippen LogP contribution in [-0.4, -0.2) is 0 Å². The van der Waals surface area contributed by atoms with Crippen molar-refractivity contribution in [1.82, 2.24) is 0 Å². The SMILES string of the molecule is CCC(C)c1cc(C(C)CC)cc(C2(c3cc(C(C)CC)cc(C(C)CC)c3)c3cc(C)ccc3-c3ccc(C)cc32)c1. The molecule has 0 saturated heterocycles. The molecule has 5 rings (SSSR count). The highest BCUT2D eigenvalue weighted by molar-refractivity contribution is 5.87. The molecule has 1 aliphatic rings. The van der Waals surface area contributed by atoms with Crippen LogP contribution in [0.1, 0.15) is 160 Å². The van der Waals surface area contributed by atoms with Gasteiger partial charge in [-0.25, -0.2) is 0 Å². The van der Waals surface area contributed by atoms with Crippen molar-refractivity contribution in [3.8, 4) is 11.1 Å². The maximum Gasteiger partial charge on any atom is 0.0714 e. The minimum Gasteiger partial charge on any atom is -0.0648 e. The van der Waals surface area contributed by atoms with Crippen LogP contribution in [0.25, 0.3) is 11.1 Å². The van der Waals surface area contributed by atoms with E-state index >= 15 is 0 Å². The molecular formula is C43H54. The van der Waals surface area contributed by atoms with Crippen LogP contribution in [0.3, 0.4) is 0 Å². The summed E-state index contributed by atoms with van der Waals surface area (Å²) in [5, 5.41) is 0. The van der Waals surface area contributed by atoms with Gasteiger partial charge in [0.2, 0.25) is 0 Å². The number of fused-ring (bicyclic) bond motifs is 3. The van der Waals surface area contributed by atoms with Gasteiger partial charge < -0.3 is 0 Å². The highest BCUT2D eigenvalue weighted by Gasteiger charge is 2.47. The predicted molar refractivity (Wildman–Crippen MR) is 188 cm³/mol. The van der Waals surface area contributed by atoms with Gasteiger partial charge in [0, 0.05) is 0 Å². The Morgan fingerprint density at radius 3 is 1.02 bits per heavy atom. The Morgan fingerprint density at radius 2 is 0.744 bits per heavy atom. The van der Waals surface area contributed by atoms with Gasteiger partial charge in [-0.2, -0.15) is 0 Å². The van der Waals surface area contributed by atoms with Crippen molar-refractivity contribution >= 4 is 0 Å². The van der Waals surface area contributed by atoms with E-state index in [-0.39, 0.29) is 5.41 Å². The quantitative estimate of drug-likeness (QED) is 0.157. The van der Waals surface area contributed by atoms with Crippen LogP contribution in [0.15, 0.2) is 72.8 Å². The second-order valence-corrected chi connectivity index (χ2v) is 13.9. The van der Waals surface area contributed by atoms with E-state index in [4.69, 9.17) is 0 Å². The van der Waals surface area contributed by atoms with Crippen LogP contribution >= 0.6 is 0 Å². The molecule has 4 unspecified atom stereocenters. The number of hydrogen-bond donors (Lipinski definition) is 0. The zero-order valence-corrected chi connectivity index (χ0v) is 28.6. The Labute approximate surface area is 263 Å². The Bertz CT molecular complexity index is 1420. The fourth-order valence-corrected chi connectivity index (χ4v) is 7.21. The zero-order valence-electron chi connectivity index (χ0n) is 28.6. The van der Waals surface area contributed by atoms with E-state index in [1.807, 2.05) is 0 Å². The minimum absolute atomic E-state index is 0.375. The average Bonchev–Trinajstić information content (AvgIpc) is 3.31. The summed E-state index contributed by atoms with van der Waals surface area (Å²) in [7, 11) is 0. The van der Waals surface area contributed by atoms with Crippen molar-refractivity contribution in [2.24, 2.45) is 0 Å². The fourth-order valence-electron chi connectivity index (χ4n) is 7.21. The van der Waals surface area contributed by atoms with E-state index in [1.54, 1.807) is 0 Å². The first kappa shape index (κ1) is 31.3. The minimum atomic E-state index is -0.375. The Morgan fingerprint density at radius 1 is 0.442 bits per heavy atom. The van der Waals surface area contributed by atoms with Gasteiger partial charge in [0.25, 0.3) is 0 Å². The topological polar surface area (TPSA) is 0 Å². The number of benzene rings is 4. The normalized spacial score (nSPS) is 16.3. The lowest BCUT2D eigenvalue weighted by molar-refractivity contribution is 0.684. The second kappa shape index (κ2) is 12.5. The first-order valence-corrected chi connectivity index (χ1v) is 17.1. The Hall–Kier alpha value is -3.12. The second-order valence-electron chi connectivity index (χ2n) is 13.9. The maximum absolute atomic E-state index is 2.59. The number of rotatable bonds is 10. The summed E-state index contributed by atoms with van der Waals surface area (Å²) in [4.78, 5) is 0. The van der Waals surface area contributed by atoms with Gasteiger partial charge >= 0.3 is 0 Å². The van der Waals surface area contributed by atoms with Crippen LogP contribution in [0, 0.1) is 13.8 Å². The molecule has 0 aromatic heterocycles. The van der Waals surface area contributed by atoms with Crippen LogP contribution in [-0.2, 0) is 5.41 Å². The van der Waals surface area contributed by atoms with Gasteiger partial charge in [0.05, 0.1) is 5.41 Å². The van der Waals surface area contributed by atoms with Gasteiger partial charge in [-0.05, 0) is 119 Å². The lowest BCUT2D eigenvalue weighted by atomic mass is 9.65. The lowest BCUT2D eigenvalue weighted by Crippen LogP contribution is -2.30. The summed E-state index contributed by atoms with van der Waals surface area (Å²) in [5.41, 5.74) is 16.7. The van der Waals surface area contributed by atoms with Crippen molar-refractivity contribution in [2.75, 3.05) is 0 Å². The third-order valence-corrected chi connectivity index (χ3v) is 11.0.